The molecule has 10 heteroatoms. The van der Waals surface area contributed by atoms with Gasteiger partial charge in [0.25, 0.3) is 5.91 Å². The van der Waals surface area contributed by atoms with E-state index in [1.807, 2.05) is 11.8 Å². The minimum Gasteiger partial charge on any atom is -0.368 e. The van der Waals surface area contributed by atoms with E-state index in [9.17, 15) is 22.4 Å². The fourth-order valence-electron chi connectivity index (χ4n) is 5.46. The van der Waals surface area contributed by atoms with Crippen LogP contribution in [0.2, 0.25) is 0 Å². The van der Waals surface area contributed by atoms with Crippen LogP contribution in [-0.2, 0) is 6.18 Å². The van der Waals surface area contributed by atoms with Crippen molar-refractivity contribution >= 4 is 23.1 Å². The first kappa shape index (κ1) is 24.7. The van der Waals surface area contributed by atoms with Crippen molar-refractivity contribution in [2.75, 3.05) is 18.4 Å². The zero-order chi connectivity index (χ0) is 25.7. The minimum atomic E-state index is -4.44. The molecule has 1 aliphatic carbocycles. The SMILES string of the molecule is Cc1nc(C(=O)N2CCC[C@@]3(CC3C)[C@H]2CNc2ccc(C(F)(F)F)cn2)c(-c2ccc(F)cc2)s1. The second-order valence-electron chi connectivity index (χ2n) is 9.68. The molecule has 2 aliphatic rings. The van der Waals surface area contributed by atoms with Crippen molar-refractivity contribution in [3.05, 3.63) is 64.7 Å². The number of amides is 1. The van der Waals surface area contributed by atoms with Crippen molar-refractivity contribution in [2.24, 2.45) is 11.3 Å². The molecule has 3 aromatic rings. The first-order valence-corrected chi connectivity index (χ1v) is 12.7. The number of benzene rings is 1. The Labute approximate surface area is 210 Å². The molecular formula is C26H26F4N4OS. The summed E-state index contributed by atoms with van der Waals surface area (Å²) in [5.74, 6) is 0.246. The van der Waals surface area contributed by atoms with Crippen LogP contribution in [0, 0.1) is 24.1 Å². The predicted molar refractivity (Wildman–Crippen MR) is 130 cm³/mol. The van der Waals surface area contributed by atoms with Crippen LogP contribution in [0.5, 0.6) is 0 Å². The van der Waals surface area contributed by atoms with E-state index in [0.29, 0.717) is 35.4 Å². The smallest absolute Gasteiger partial charge is 0.368 e. The van der Waals surface area contributed by atoms with E-state index in [1.165, 1.54) is 29.5 Å². The monoisotopic (exact) mass is 518 g/mol. The number of hydrogen-bond donors (Lipinski definition) is 1. The molecule has 1 N–H and O–H groups in total. The Balaban J connectivity index is 1.41. The topological polar surface area (TPSA) is 58.1 Å². The lowest BCUT2D eigenvalue weighted by Crippen LogP contribution is -2.53. The maximum Gasteiger partial charge on any atom is 0.417 e. The van der Waals surface area contributed by atoms with Gasteiger partial charge in [-0.3, -0.25) is 4.79 Å². The van der Waals surface area contributed by atoms with Gasteiger partial charge >= 0.3 is 6.18 Å². The number of halogens is 4. The maximum absolute atomic E-state index is 13.9. The molecule has 3 atom stereocenters. The summed E-state index contributed by atoms with van der Waals surface area (Å²) in [6.45, 7) is 4.96. The molecule has 0 radical (unpaired) electrons. The number of pyridine rings is 1. The third-order valence-electron chi connectivity index (χ3n) is 7.46. The van der Waals surface area contributed by atoms with Gasteiger partial charge in [0.05, 0.1) is 21.5 Å². The molecule has 1 saturated carbocycles. The number of carbonyl (C=O) groups is 1. The number of alkyl halides is 3. The van der Waals surface area contributed by atoms with Gasteiger partial charge in [0.2, 0.25) is 0 Å². The molecule has 36 heavy (non-hydrogen) atoms. The normalized spacial score (nSPS) is 23.7. The number of thiazole rings is 1. The minimum absolute atomic E-state index is 0.0338. The van der Waals surface area contributed by atoms with Crippen LogP contribution in [0.3, 0.4) is 0 Å². The Morgan fingerprint density at radius 3 is 2.56 bits per heavy atom. The Hall–Kier alpha value is -3.01. The van der Waals surface area contributed by atoms with Crippen LogP contribution in [0.4, 0.5) is 23.4 Å². The molecule has 1 amide bonds. The summed E-state index contributed by atoms with van der Waals surface area (Å²) in [4.78, 5) is 25.0. The summed E-state index contributed by atoms with van der Waals surface area (Å²) in [5, 5.41) is 3.91. The summed E-state index contributed by atoms with van der Waals surface area (Å²) in [7, 11) is 0. The highest BCUT2D eigenvalue weighted by Gasteiger charge is 2.59. The van der Waals surface area contributed by atoms with E-state index in [2.05, 4.69) is 22.2 Å². The summed E-state index contributed by atoms with van der Waals surface area (Å²) < 4.78 is 52.2. The van der Waals surface area contributed by atoms with Crippen LogP contribution < -0.4 is 5.32 Å². The number of nitrogens with one attached hydrogen (secondary N) is 1. The van der Waals surface area contributed by atoms with Crippen molar-refractivity contribution in [3.63, 3.8) is 0 Å². The standard InChI is InChI=1S/C26H26F4N4OS/c1-15-12-25(15)10-3-11-34(20(25)14-32-21-9-6-18(13-31-21)26(28,29)30)24(35)22-23(36-16(2)33-22)17-4-7-19(27)8-5-17/h4-9,13,15,20H,3,10-12,14H2,1-2H3,(H,31,32)/t15?,20-,25+/m1/s1. The molecule has 2 fully saturated rings. The number of aromatic nitrogens is 2. The quantitative estimate of drug-likeness (QED) is 0.397. The molecule has 3 heterocycles. The van der Waals surface area contributed by atoms with Crippen molar-refractivity contribution in [1.82, 2.24) is 14.9 Å². The van der Waals surface area contributed by atoms with Crippen LogP contribution in [0.15, 0.2) is 42.6 Å². The molecule has 1 saturated heterocycles. The van der Waals surface area contributed by atoms with E-state index in [0.717, 1.165) is 42.1 Å². The molecule has 5 rings (SSSR count). The molecule has 1 unspecified atom stereocenters. The number of nitrogens with zero attached hydrogens (tertiary/aromatic N) is 3. The van der Waals surface area contributed by atoms with Crippen LogP contribution in [0.1, 0.15) is 47.2 Å². The van der Waals surface area contributed by atoms with Crippen LogP contribution in [0.25, 0.3) is 10.4 Å². The fraction of sp³-hybridized carbons (Fsp3) is 0.423. The number of anilines is 1. The van der Waals surface area contributed by atoms with Gasteiger partial charge in [0.1, 0.15) is 17.3 Å². The molecule has 1 aromatic carbocycles. The van der Waals surface area contributed by atoms with Gasteiger partial charge in [-0.05, 0) is 67.3 Å². The highest BCUT2D eigenvalue weighted by atomic mass is 32.1. The van der Waals surface area contributed by atoms with Crippen molar-refractivity contribution in [2.45, 2.75) is 45.3 Å². The van der Waals surface area contributed by atoms with Gasteiger partial charge in [0, 0.05) is 19.3 Å². The van der Waals surface area contributed by atoms with Crippen molar-refractivity contribution in [3.8, 4) is 10.4 Å². The van der Waals surface area contributed by atoms with E-state index in [-0.39, 0.29) is 23.2 Å². The summed E-state index contributed by atoms with van der Waals surface area (Å²) in [6, 6.07) is 8.19. The van der Waals surface area contributed by atoms with Crippen molar-refractivity contribution in [1.29, 1.82) is 0 Å². The molecule has 1 spiro atoms. The third kappa shape index (κ3) is 4.58. The molecule has 0 bridgehead atoms. The number of rotatable bonds is 5. The van der Waals surface area contributed by atoms with Gasteiger partial charge in [-0.1, -0.05) is 19.1 Å². The highest BCUT2D eigenvalue weighted by Crippen LogP contribution is 2.61. The van der Waals surface area contributed by atoms with E-state index < -0.39 is 11.7 Å². The van der Waals surface area contributed by atoms with E-state index in [1.54, 1.807) is 12.1 Å². The van der Waals surface area contributed by atoms with Gasteiger partial charge < -0.3 is 10.2 Å². The lowest BCUT2D eigenvalue weighted by Gasteiger charge is -2.42. The fourth-order valence-corrected chi connectivity index (χ4v) is 6.38. The Morgan fingerprint density at radius 2 is 1.94 bits per heavy atom. The number of aryl methyl sites for hydroxylation is 1. The number of piperidine rings is 1. The van der Waals surface area contributed by atoms with Gasteiger partial charge in [-0.15, -0.1) is 11.3 Å². The summed E-state index contributed by atoms with van der Waals surface area (Å²) in [5.41, 5.74) is 0.253. The molecular weight excluding hydrogens is 492 g/mol. The molecule has 2 aromatic heterocycles. The highest BCUT2D eigenvalue weighted by molar-refractivity contribution is 7.15. The number of likely N-dealkylation sites (tertiary alicyclic amines) is 1. The second-order valence-corrected chi connectivity index (χ2v) is 10.9. The zero-order valence-corrected chi connectivity index (χ0v) is 20.7. The van der Waals surface area contributed by atoms with Gasteiger partial charge in [0.15, 0.2) is 0 Å². The molecule has 1 aliphatic heterocycles. The zero-order valence-electron chi connectivity index (χ0n) is 19.9. The first-order valence-electron chi connectivity index (χ1n) is 11.9. The lowest BCUT2D eigenvalue weighted by atomic mass is 9.83. The van der Waals surface area contributed by atoms with Crippen LogP contribution >= 0.6 is 11.3 Å². The average Bonchev–Trinajstić information content (AvgIpc) is 3.30. The number of carbonyl (C=O) groups excluding carboxylic acids is 1. The summed E-state index contributed by atoms with van der Waals surface area (Å²) in [6.07, 6.45) is -0.773. The van der Waals surface area contributed by atoms with Gasteiger partial charge in [-0.2, -0.15) is 13.2 Å². The average molecular weight is 519 g/mol. The summed E-state index contributed by atoms with van der Waals surface area (Å²) >= 11 is 1.40. The molecule has 5 nitrogen and oxygen atoms in total. The second kappa shape index (κ2) is 9.14. The van der Waals surface area contributed by atoms with Gasteiger partial charge in [-0.25, -0.2) is 14.4 Å². The lowest BCUT2D eigenvalue weighted by molar-refractivity contribution is -0.137. The maximum atomic E-state index is 13.9. The van der Waals surface area contributed by atoms with E-state index in [4.69, 9.17) is 0 Å². The Bertz CT molecular complexity index is 1260. The largest absolute Gasteiger partial charge is 0.417 e. The van der Waals surface area contributed by atoms with E-state index >= 15 is 0 Å². The molecule has 190 valence electrons. The van der Waals surface area contributed by atoms with Crippen LogP contribution in [-0.4, -0.2) is 39.9 Å². The van der Waals surface area contributed by atoms with Crippen molar-refractivity contribution < 1.29 is 22.4 Å². The first-order chi connectivity index (χ1) is 17.1. The number of hydrogen-bond acceptors (Lipinski definition) is 5. The predicted octanol–water partition coefficient (Wildman–Crippen LogP) is 6.41. The Morgan fingerprint density at radius 1 is 1.22 bits per heavy atom. The Kier molecular flexibility index (Phi) is 6.26. The third-order valence-corrected chi connectivity index (χ3v) is 8.48.